The van der Waals surface area contributed by atoms with Gasteiger partial charge in [-0.1, -0.05) is 6.92 Å². The number of aryl methyl sites for hydroxylation is 1. The smallest absolute Gasteiger partial charge is 0.329 e. The Morgan fingerprint density at radius 2 is 2.33 bits per heavy atom. The highest BCUT2D eigenvalue weighted by molar-refractivity contribution is 5.98. The van der Waals surface area contributed by atoms with Crippen LogP contribution in [0.15, 0.2) is 6.20 Å². The third-order valence-electron chi connectivity index (χ3n) is 3.78. The predicted molar refractivity (Wildman–Crippen MR) is 64.3 cm³/mol. The molecule has 1 atom stereocenters. The fourth-order valence-corrected chi connectivity index (χ4v) is 2.63. The molecule has 0 radical (unpaired) electrons. The van der Waals surface area contributed by atoms with Crippen molar-refractivity contribution in [1.82, 2.24) is 15.1 Å². The molecule has 1 unspecified atom stereocenters. The molecule has 6 heteroatoms. The number of aromatic nitrogens is 2. The number of aliphatic carboxylic acids is 1. The van der Waals surface area contributed by atoms with Crippen LogP contribution in [-0.2, 0) is 4.79 Å². The highest BCUT2D eigenvalue weighted by atomic mass is 16.4. The molecule has 0 aliphatic carbocycles. The Labute approximate surface area is 105 Å². The minimum atomic E-state index is -1.05. The van der Waals surface area contributed by atoms with Crippen molar-refractivity contribution in [1.29, 1.82) is 0 Å². The highest BCUT2D eigenvalue weighted by Crippen LogP contribution is 2.34. The number of carbonyl (C=O) groups is 2. The van der Waals surface area contributed by atoms with Crippen LogP contribution in [0.25, 0.3) is 0 Å². The van der Waals surface area contributed by atoms with Crippen molar-refractivity contribution >= 4 is 11.9 Å². The summed E-state index contributed by atoms with van der Waals surface area (Å²) >= 11 is 0. The number of nitrogens with zero attached hydrogens (tertiary/aromatic N) is 2. The van der Waals surface area contributed by atoms with Gasteiger partial charge in [-0.15, -0.1) is 0 Å². The number of nitrogens with one attached hydrogen (secondary N) is 1. The molecule has 6 nitrogen and oxygen atoms in total. The largest absolute Gasteiger partial charge is 0.479 e. The van der Waals surface area contributed by atoms with Gasteiger partial charge in [0.15, 0.2) is 0 Å². The summed E-state index contributed by atoms with van der Waals surface area (Å²) in [5.74, 6) is -1.17. The molecule has 2 rings (SSSR count). The lowest BCUT2D eigenvalue weighted by Crippen LogP contribution is -2.52. The molecule has 2 N–H and O–H groups in total. The van der Waals surface area contributed by atoms with Crippen LogP contribution < -0.4 is 0 Å². The number of aromatic amines is 1. The fourth-order valence-electron chi connectivity index (χ4n) is 2.63. The van der Waals surface area contributed by atoms with Crippen molar-refractivity contribution in [2.75, 3.05) is 6.54 Å². The summed E-state index contributed by atoms with van der Waals surface area (Å²) in [5.41, 5.74) is 0.0686. The Balaban J connectivity index is 2.35. The molecule has 1 saturated heterocycles. The molecule has 1 aromatic rings. The minimum Gasteiger partial charge on any atom is -0.479 e. The van der Waals surface area contributed by atoms with Crippen LogP contribution in [0.4, 0.5) is 0 Å². The molecule has 98 valence electrons. The number of rotatable bonds is 3. The van der Waals surface area contributed by atoms with Crippen molar-refractivity contribution in [2.24, 2.45) is 0 Å². The van der Waals surface area contributed by atoms with Crippen molar-refractivity contribution < 1.29 is 14.7 Å². The summed E-state index contributed by atoms with van der Waals surface area (Å²) < 4.78 is 0. The van der Waals surface area contributed by atoms with Crippen molar-refractivity contribution in [2.45, 2.75) is 38.6 Å². The van der Waals surface area contributed by atoms with Crippen LogP contribution in [0.2, 0.25) is 0 Å². The zero-order chi connectivity index (χ0) is 13.3. The monoisotopic (exact) mass is 251 g/mol. The summed E-state index contributed by atoms with van der Waals surface area (Å²) in [6.07, 6.45) is 3.12. The highest BCUT2D eigenvalue weighted by Gasteiger charge is 2.48. The van der Waals surface area contributed by atoms with Crippen LogP contribution in [0.5, 0.6) is 0 Å². The van der Waals surface area contributed by atoms with Gasteiger partial charge >= 0.3 is 5.97 Å². The number of carbonyl (C=O) groups excluding carboxylic acids is 1. The number of carboxylic acid groups (broad SMARTS) is 1. The molecule has 2 heterocycles. The van der Waals surface area contributed by atoms with Gasteiger partial charge in [0.2, 0.25) is 0 Å². The van der Waals surface area contributed by atoms with Gasteiger partial charge in [0.05, 0.1) is 11.8 Å². The van der Waals surface area contributed by atoms with Gasteiger partial charge in [0.1, 0.15) is 5.54 Å². The number of hydrogen-bond donors (Lipinski definition) is 2. The third kappa shape index (κ3) is 1.68. The van der Waals surface area contributed by atoms with E-state index in [1.54, 1.807) is 6.92 Å². The van der Waals surface area contributed by atoms with Crippen molar-refractivity contribution in [3.63, 3.8) is 0 Å². The van der Waals surface area contributed by atoms with Crippen LogP contribution in [-0.4, -0.2) is 44.2 Å². The molecule has 1 aliphatic heterocycles. The number of carboxylic acids is 1. The summed E-state index contributed by atoms with van der Waals surface area (Å²) in [5, 5.41) is 15.9. The van der Waals surface area contributed by atoms with E-state index in [0.29, 0.717) is 30.6 Å². The SMILES string of the molecule is CCC1(C(=O)O)CCCN1C(=O)c1cn[nH]c1C. The topological polar surface area (TPSA) is 86.3 Å². The third-order valence-corrected chi connectivity index (χ3v) is 3.78. The van der Waals surface area contributed by atoms with Gasteiger partial charge in [0.25, 0.3) is 5.91 Å². The number of hydrogen-bond acceptors (Lipinski definition) is 3. The second kappa shape index (κ2) is 4.44. The zero-order valence-corrected chi connectivity index (χ0v) is 10.6. The van der Waals surface area contributed by atoms with E-state index >= 15 is 0 Å². The van der Waals surface area contributed by atoms with Gasteiger partial charge in [-0.3, -0.25) is 9.89 Å². The van der Waals surface area contributed by atoms with Crippen LogP contribution in [0.1, 0.15) is 42.2 Å². The standard InChI is InChI=1S/C12H17N3O3/c1-3-12(11(17)18)5-4-6-15(12)10(16)9-7-13-14-8(9)2/h7H,3-6H2,1-2H3,(H,13,14)(H,17,18). The van der Waals surface area contributed by atoms with E-state index in [9.17, 15) is 14.7 Å². The van der Waals surface area contributed by atoms with E-state index in [-0.39, 0.29) is 5.91 Å². The summed E-state index contributed by atoms with van der Waals surface area (Å²) in [6.45, 7) is 4.05. The molecule has 0 saturated carbocycles. The van der Waals surface area contributed by atoms with Crippen molar-refractivity contribution in [3.8, 4) is 0 Å². The molecule has 1 fully saturated rings. The van der Waals surface area contributed by atoms with Gasteiger partial charge in [-0.05, 0) is 26.2 Å². The van der Waals surface area contributed by atoms with E-state index in [4.69, 9.17) is 0 Å². The van der Waals surface area contributed by atoms with E-state index < -0.39 is 11.5 Å². The maximum absolute atomic E-state index is 12.4. The van der Waals surface area contributed by atoms with E-state index in [1.165, 1.54) is 11.1 Å². The molecule has 1 aliphatic rings. The van der Waals surface area contributed by atoms with Gasteiger partial charge in [-0.2, -0.15) is 5.10 Å². The Kier molecular flexibility index (Phi) is 3.11. The first-order valence-corrected chi connectivity index (χ1v) is 6.08. The molecule has 1 aromatic heterocycles. The Morgan fingerprint density at radius 1 is 1.61 bits per heavy atom. The van der Waals surface area contributed by atoms with Crippen LogP contribution in [0.3, 0.4) is 0 Å². The van der Waals surface area contributed by atoms with E-state index in [1.807, 2.05) is 6.92 Å². The second-order valence-electron chi connectivity index (χ2n) is 4.66. The van der Waals surface area contributed by atoms with Gasteiger partial charge in [0, 0.05) is 12.2 Å². The van der Waals surface area contributed by atoms with Gasteiger partial charge in [-0.25, -0.2) is 4.79 Å². The summed E-state index contributed by atoms with van der Waals surface area (Å²) in [4.78, 5) is 25.4. The molecular formula is C12H17N3O3. The molecular weight excluding hydrogens is 234 g/mol. The lowest BCUT2D eigenvalue weighted by atomic mass is 9.92. The van der Waals surface area contributed by atoms with Crippen LogP contribution in [0, 0.1) is 6.92 Å². The van der Waals surface area contributed by atoms with Crippen LogP contribution >= 0.6 is 0 Å². The number of H-pyrrole nitrogens is 1. The molecule has 0 spiro atoms. The maximum Gasteiger partial charge on any atom is 0.329 e. The summed E-state index contributed by atoms with van der Waals surface area (Å²) in [7, 11) is 0. The lowest BCUT2D eigenvalue weighted by molar-refractivity contribution is -0.148. The second-order valence-corrected chi connectivity index (χ2v) is 4.66. The first-order chi connectivity index (χ1) is 8.53. The molecule has 1 amide bonds. The number of likely N-dealkylation sites (tertiary alicyclic amines) is 1. The van der Waals surface area contributed by atoms with E-state index in [0.717, 1.165) is 6.42 Å². The molecule has 0 bridgehead atoms. The quantitative estimate of drug-likeness (QED) is 0.844. The summed E-state index contributed by atoms with van der Waals surface area (Å²) in [6, 6.07) is 0. The van der Waals surface area contributed by atoms with E-state index in [2.05, 4.69) is 10.2 Å². The normalized spacial score (nSPS) is 23.3. The molecule has 18 heavy (non-hydrogen) atoms. The van der Waals surface area contributed by atoms with Crippen molar-refractivity contribution in [3.05, 3.63) is 17.5 Å². The average molecular weight is 251 g/mol. The minimum absolute atomic E-state index is 0.247. The maximum atomic E-state index is 12.4. The molecule has 0 aromatic carbocycles. The first-order valence-electron chi connectivity index (χ1n) is 6.08. The predicted octanol–water partition coefficient (Wildman–Crippen LogP) is 1.19. The lowest BCUT2D eigenvalue weighted by Gasteiger charge is -2.33. The Morgan fingerprint density at radius 3 is 2.83 bits per heavy atom. The first kappa shape index (κ1) is 12.6. The fraction of sp³-hybridized carbons (Fsp3) is 0.583. The Hall–Kier alpha value is -1.85. The van der Waals surface area contributed by atoms with Gasteiger partial charge < -0.3 is 10.0 Å². The zero-order valence-electron chi connectivity index (χ0n) is 10.6. The average Bonchev–Trinajstić information content (AvgIpc) is 2.94. The number of amides is 1. The Bertz CT molecular complexity index is 483.